The summed E-state index contributed by atoms with van der Waals surface area (Å²) in [4.78, 5) is 52.1. The lowest BCUT2D eigenvalue weighted by Gasteiger charge is -2.20. The third kappa shape index (κ3) is 41.1. The Kier molecular flexibility index (Phi) is 40.9. The highest BCUT2D eigenvalue weighted by atomic mass is 33.1. The number of unbranched alkanes of at least 4 members (excludes halogenated alkanes) is 22. The minimum atomic E-state index is -4.56. The van der Waals surface area contributed by atoms with Crippen LogP contribution in [0.1, 0.15) is 200 Å². The number of rotatable bonds is 45. The Morgan fingerprint density at radius 2 is 1.17 bits per heavy atom. The molecule has 0 spiro atoms. The highest BCUT2D eigenvalue weighted by Crippen LogP contribution is 2.43. The van der Waals surface area contributed by atoms with Crippen molar-refractivity contribution in [2.75, 3.05) is 32.1 Å². The zero-order valence-electron chi connectivity index (χ0n) is 39.2. The van der Waals surface area contributed by atoms with Gasteiger partial charge in [0.2, 0.25) is 5.91 Å². The standard InChI is InChI=1S/C49H85N2O9PS2/c1-3-5-7-9-11-13-15-17-19-21-23-25-27-29-31-36-48(53)57-43-45(60-49(54)37-32-30-28-26-24-22-20-18-16-14-12-10-8-6-4-2)44-59-61(55,56)58-41-40-50-46(52)38-42-62-63-47-35-33-34-39-51-47/h17-20,33-35,39,45H,3-16,21-32,36-38,40-44H2,1-2H3,(H,50,52)(H,55,56)/b19-17-,20-18-/t45-/m1/s1. The number of amides is 1. The maximum atomic E-state index is 12.8. The van der Waals surface area contributed by atoms with E-state index in [9.17, 15) is 23.8 Å². The molecule has 1 aromatic rings. The van der Waals surface area contributed by atoms with E-state index in [-0.39, 0.29) is 44.9 Å². The number of aromatic nitrogens is 1. The van der Waals surface area contributed by atoms with Crippen LogP contribution < -0.4 is 5.32 Å². The smallest absolute Gasteiger partial charge is 0.462 e. The molecule has 1 rings (SSSR count). The number of nitrogens with zero attached hydrogens (tertiary/aromatic N) is 1. The van der Waals surface area contributed by atoms with E-state index >= 15 is 0 Å². The van der Waals surface area contributed by atoms with Crippen molar-refractivity contribution in [3.63, 3.8) is 0 Å². The van der Waals surface area contributed by atoms with E-state index in [2.05, 4.69) is 48.5 Å². The summed E-state index contributed by atoms with van der Waals surface area (Å²) in [6.45, 7) is 3.44. The Morgan fingerprint density at radius 3 is 1.70 bits per heavy atom. The lowest BCUT2D eigenvalue weighted by molar-refractivity contribution is -0.161. The summed E-state index contributed by atoms with van der Waals surface area (Å²) >= 11 is 0. The maximum Gasteiger partial charge on any atom is 0.472 e. The van der Waals surface area contributed by atoms with Gasteiger partial charge in [-0.25, -0.2) is 9.55 Å². The summed E-state index contributed by atoms with van der Waals surface area (Å²) in [5.41, 5.74) is 0. The van der Waals surface area contributed by atoms with Gasteiger partial charge in [0.25, 0.3) is 0 Å². The monoisotopic (exact) mass is 941 g/mol. The third-order valence-electron chi connectivity index (χ3n) is 10.3. The van der Waals surface area contributed by atoms with Crippen LogP contribution >= 0.6 is 29.4 Å². The van der Waals surface area contributed by atoms with E-state index < -0.39 is 32.5 Å². The molecule has 0 aliphatic rings. The van der Waals surface area contributed by atoms with Gasteiger partial charge >= 0.3 is 19.8 Å². The Labute approximate surface area is 390 Å². The Balaban J connectivity index is 2.38. The van der Waals surface area contributed by atoms with Gasteiger partial charge in [0.05, 0.1) is 13.2 Å². The first-order chi connectivity index (χ1) is 30.8. The molecule has 0 bridgehead atoms. The zero-order chi connectivity index (χ0) is 45.7. The molecule has 11 nitrogen and oxygen atoms in total. The molecule has 0 aromatic carbocycles. The number of hydrogen-bond acceptors (Lipinski definition) is 11. The number of hydrogen-bond donors (Lipinski definition) is 2. The summed E-state index contributed by atoms with van der Waals surface area (Å²) in [5, 5.41) is 3.52. The Hall–Kier alpha value is -2.15. The van der Waals surface area contributed by atoms with Crippen LogP contribution in [0.25, 0.3) is 0 Å². The van der Waals surface area contributed by atoms with Crippen molar-refractivity contribution in [2.45, 2.75) is 211 Å². The van der Waals surface area contributed by atoms with Gasteiger partial charge in [-0.15, -0.1) is 0 Å². The number of phosphoric acid groups is 1. The Morgan fingerprint density at radius 1 is 0.667 bits per heavy atom. The molecule has 2 N–H and O–H groups in total. The molecule has 2 atom stereocenters. The minimum Gasteiger partial charge on any atom is -0.462 e. The second-order valence-electron chi connectivity index (χ2n) is 16.2. The quantitative estimate of drug-likeness (QED) is 0.0211. The lowest BCUT2D eigenvalue weighted by Crippen LogP contribution is -2.30. The van der Waals surface area contributed by atoms with Crippen molar-refractivity contribution < 1.29 is 42.4 Å². The largest absolute Gasteiger partial charge is 0.472 e. The van der Waals surface area contributed by atoms with E-state index in [1.54, 1.807) is 6.20 Å². The van der Waals surface area contributed by atoms with Crippen LogP contribution in [0.3, 0.4) is 0 Å². The van der Waals surface area contributed by atoms with Crippen molar-refractivity contribution >= 4 is 47.3 Å². The first kappa shape index (κ1) is 58.9. The minimum absolute atomic E-state index is 0.00708. The summed E-state index contributed by atoms with van der Waals surface area (Å²) in [6.07, 6.45) is 40.6. The highest BCUT2D eigenvalue weighted by molar-refractivity contribution is 8.76. The molecule has 362 valence electrons. The number of esters is 2. The van der Waals surface area contributed by atoms with Gasteiger partial charge in [0.1, 0.15) is 11.6 Å². The fourth-order valence-corrected chi connectivity index (χ4v) is 9.21. The second-order valence-corrected chi connectivity index (χ2v) is 20.1. The zero-order valence-corrected chi connectivity index (χ0v) is 41.7. The molecule has 1 amide bonds. The molecule has 0 saturated heterocycles. The number of ether oxygens (including phenoxy) is 2. The predicted molar refractivity (Wildman–Crippen MR) is 262 cm³/mol. The fraction of sp³-hybridized carbons (Fsp3) is 0.755. The summed E-state index contributed by atoms with van der Waals surface area (Å²) in [5.74, 6) is -0.556. The van der Waals surface area contributed by atoms with Crippen LogP contribution in [-0.4, -0.2) is 65.9 Å². The van der Waals surface area contributed by atoms with Gasteiger partial charge in [-0.1, -0.05) is 158 Å². The number of pyridine rings is 1. The number of nitrogens with one attached hydrogen (secondary N) is 1. The molecule has 14 heteroatoms. The summed E-state index contributed by atoms with van der Waals surface area (Å²) in [6, 6.07) is 5.63. The van der Waals surface area contributed by atoms with Gasteiger partial charge in [0.15, 0.2) is 6.10 Å². The fourth-order valence-electron chi connectivity index (χ4n) is 6.59. The molecule has 0 radical (unpaired) electrons. The van der Waals surface area contributed by atoms with Crippen LogP contribution in [0.4, 0.5) is 0 Å². The van der Waals surface area contributed by atoms with Gasteiger partial charge in [-0.3, -0.25) is 23.4 Å². The average Bonchev–Trinajstić information content (AvgIpc) is 3.28. The summed E-state index contributed by atoms with van der Waals surface area (Å²) < 4.78 is 33.9. The molecule has 0 aliphatic carbocycles. The summed E-state index contributed by atoms with van der Waals surface area (Å²) in [7, 11) is -1.57. The van der Waals surface area contributed by atoms with Crippen molar-refractivity contribution in [3.8, 4) is 0 Å². The highest BCUT2D eigenvalue weighted by Gasteiger charge is 2.26. The topological polar surface area (TPSA) is 150 Å². The Bertz CT molecular complexity index is 1360. The molecule has 0 saturated carbocycles. The second kappa shape index (κ2) is 43.7. The number of phosphoric ester groups is 1. The SMILES string of the molecule is CCCCCCCC/C=C\CCCCCCCC(=O)OC[C@H](COP(=O)(O)OCCNC(=O)CCSSc1ccccn1)OC(=O)CCCCCCC/C=C\CCCCCCCC. The van der Waals surface area contributed by atoms with Crippen LogP contribution in [0, 0.1) is 0 Å². The molecule has 0 fully saturated rings. The van der Waals surface area contributed by atoms with Gasteiger partial charge in [-0.05, 0) is 87.1 Å². The number of carbonyl (C=O) groups excluding carboxylic acids is 3. The first-order valence-corrected chi connectivity index (χ1v) is 28.3. The molecule has 0 aliphatic heterocycles. The van der Waals surface area contributed by atoms with Crippen molar-refractivity contribution in [1.29, 1.82) is 0 Å². The molecule has 63 heavy (non-hydrogen) atoms. The van der Waals surface area contributed by atoms with Crippen LogP contribution in [-0.2, 0) is 37.5 Å². The van der Waals surface area contributed by atoms with Crippen molar-refractivity contribution in [1.82, 2.24) is 10.3 Å². The van der Waals surface area contributed by atoms with E-state index in [0.717, 1.165) is 75.7 Å². The molecular weight excluding hydrogens is 856 g/mol. The van der Waals surface area contributed by atoms with Gasteiger partial charge in [0, 0.05) is 37.8 Å². The third-order valence-corrected chi connectivity index (χ3v) is 13.6. The molecule has 1 aromatic heterocycles. The molecule has 1 heterocycles. The maximum absolute atomic E-state index is 12.8. The van der Waals surface area contributed by atoms with Crippen molar-refractivity contribution in [3.05, 3.63) is 48.7 Å². The number of carbonyl (C=O) groups is 3. The first-order valence-electron chi connectivity index (χ1n) is 24.5. The van der Waals surface area contributed by atoms with Gasteiger partial charge in [-0.2, -0.15) is 0 Å². The normalized spacial score (nSPS) is 13.1. The van der Waals surface area contributed by atoms with E-state index in [1.807, 2.05) is 18.2 Å². The lowest BCUT2D eigenvalue weighted by atomic mass is 10.1. The van der Waals surface area contributed by atoms with Crippen LogP contribution in [0.2, 0.25) is 0 Å². The van der Waals surface area contributed by atoms with Crippen molar-refractivity contribution in [2.24, 2.45) is 0 Å². The molecule has 1 unspecified atom stereocenters. The predicted octanol–water partition coefficient (Wildman–Crippen LogP) is 14.0. The number of allylic oxidation sites excluding steroid dienone is 4. The van der Waals surface area contributed by atoms with E-state index in [0.29, 0.717) is 18.6 Å². The van der Waals surface area contributed by atoms with Crippen LogP contribution in [0.5, 0.6) is 0 Å². The van der Waals surface area contributed by atoms with Crippen LogP contribution in [0.15, 0.2) is 53.7 Å². The van der Waals surface area contributed by atoms with E-state index in [4.69, 9.17) is 18.5 Å². The molecular formula is C49H85N2O9PS2. The van der Waals surface area contributed by atoms with E-state index in [1.165, 1.54) is 105 Å². The van der Waals surface area contributed by atoms with Gasteiger partial charge < -0.3 is 19.7 Å². The average molecular weight is 941 g/mol.